The van der Waals surface area contributed by atoms with Crippen molar-refractivity contribution < 1.29 is 5.11 Å². The molecule has 0 unspecified atom stereocenters. The standard InChI is InChI=1S/C7H13BrO/c8-5-6-3-1-2-4-7(6)9/h6-7,9H,1-5H2/t6-,7-/m1/s1. The van der Waals surface area contributed by atoms with Crippen molar-refractivity contribution in [3.63, 3.8) is 0 Å². The van der Waals surface area contributed by atoms with Gasteiger partial charge in [-0.15, -0.1) is 0 Å². The van der Waals surface area contributed by atoms with Gasteiger partial charge in [0.05, 0.1) is 6.10 Å². The highest BCUT2D eigenvalue weighted by atomic mass is 79.9. The van der Waals surface area contributed by atoms with Crippen LogP contribution in [0.3, 0.4) is 0 Å². The summed E-state index contributed by atoms with van der Waals surface area (Å²) in [7, 11) is 0. The van der Waals surface area contributed by atoms with Crippen molar-refractivity contribution in [1.29, 1.82) is 0 Å². The Kier molecular flexibility index (Phi) is 2.99. The van der Waals surface area contributed by atoms with Gasteiger partial charge < -0.3 is 5.11 Å². The Balaban J connectivity index is 2.30. The van der Waals surface area contributed by atoms with Gasteiger partial charge in [-0.25, -0.2) is 0 Å². The molecule has 0 aromatic rings. The molecule has 2 atom stereocenters. The van der Waals surface area contributed by atoms with Gasteiger partial charge in [0, 0.05) is 5.33 Å². The van der Waals surface area contributed by atoms with Crippen LogP contribution in [0.5, 0.6) is 0 Å². The Hall–Kier alpha value is 0.440. The number of alkyl halides is 1. The molecule has 0 aromatic carbocycles. The molecule has 1 aliphatic rings. The van der Waals surface area contributed by atoms with Crippen molar-refractivity contribution in [2.75, 3.05) is 5.33 Å². The lowest BCUT2D eigenvalue weighted by molar-refractivity contribution is 0.0822. The molecular formula is C7H13BrO. The molecule has 0 aromatic heterocycles. The predicted molar refractivity (Wildman–Crippen MR) is 41.8 cm³/mol. The van der Waals surface area contributed by atoms with E-state index in [0.717, 1.165) is 11.8 Å². The Bertz CT molecular complexity index is 85.0. The number of rotatable bonds is 1. The summed E-state index contributed by atoms with van der Waals surface area (Å²) in [6.07, 6.45) is 4.69. The first-order valence-corrected chi connectivity index (χ1v) is 4.71. The molecule has 2 heteroatoms. The third kappa shape index (κ3) is 1.94. The summed E-state index contributed by atoms with van der Waals surface area (Å²) >= 11 is 3.39. The summed E-state index contributed by atoms with van der Waals surface area (Å²) in [6.45, 7) is 0. The normalized spacial score (nSPS) is 36.7. The second kappa shape index (κ2) is 3.57. The molecule has 0 bridgehead atoms. The second-order valence-corrected chi connectivity index (χ2v) is 3.41. The topological polar surface area (TPSA) is 20.2 Å². The van der Waals surface area contributed by atoms with E-state index in [4.69, 9.17) is 0 Å². The lowest BCUT2D eigenvalue weighted by Crippen LogP contribution is -2.25. The highest BCUT2D eigenvalue weighted by molar-refractivity contribution is 9.09. The van der Waals surface area contributed by atoms with Gasteiger partial charge in [-0.3, -0.25) is 0 Å². The van der Waals surface area contributed by atoms with Crippen LogP contribution in [0.4, 0.5) is 0 Å². The first kappa shape index (κ1) is 7.55. The van der Waals surface area contributed by atoms with E-state index in [1.165, 1.54) is 19.3 Å². The van der Waals surface area contributed by atoms with E-state index in [2.05, 4.69) is 15.9 Å². The van der Waals surface area contributed by atoms with Crippen LogP contribution >= 0.6 is 15.9 Å². The van der Waals surface area contributed by atoms with Crippen molar-refractivity contribution >= 4 is 15.9 Å². The van der Waals surface area contributed by atoms with Gasteiger partial charge in [0.15, 0.2) is 0 Å². The zero-order chi connectivity index (χ0) is 6.69. The quantitative estimate of drug-likeness (QED) is 0.631. The maximum absolute atomic E-state index is 9.34. The van der Waals surface area contributed by atoms with Crippen molar-refractivity contribution in [2.24, 2.45) is 5.92 Å². The fraction of sp³-hybridized carbons (Fsp3) is 1.00. The molecule has 0 saturated heterocycles. The molecule has 1 nitrogen and oxygen atoms in total. The fourth-order valence-electron chi connectivity index (χ4n) is 1.37. The summed E-state index contributed by atoms with van der Waals surface area (Å²) in [6, 6.07) is 0. The average Bonchev–Trinajstić information content (AvgIpc) is 1.89. The number of halogens is 1. The highest BCUT2D eigenvalue weighted by Gasteiger charge is 2.20. The van der Waals surface area contributed by atoms with E-state index in [-0.39, 0.29) is 6.10 Å². The highest BCUT2D eigenvalue weighted by Crippen LogP contribution is 2.25. The number of hydrogen-bond donors (Lipinski definition) is 1. The number of hydrogen-bond acceptors (Lipinski definition) is 1. The van der Waals surface area contributed by atoms with Crippen molar-refractivity contribution in [3.8, 4) is 0 Å². The summed E-state index contributed by atoms with van der Waals surface area (Å²) in [5.74, 6) is 0.527. The average molecular weight is 193 g/mol. The predicted octanol–water partition coefficient (Wildman–Crippen LogP) is 1.93. The van der Waals surface area contributed by atoms with Crippen molar-refractivity contribution in [1.82, 2.24) is 0 Å². The van der Waals surface area contributed by atoms with Crippen molar-refractivity contribution in [3.05, 3.63) is 0 Å². The Morgan fingerprint density at radius 2 is 2.00 bits per heavy atom. The molecule has 0 heterocycles. The summed E-state index contributed by atoms with van der Waals surface area (Å²) in [5.41, 5.74) is 0. The lowest BCUT2D eigenvalue weighted by atomic mass is 9.88. The minimum absolute atomic E-state index is 0.0295. The molecule has 9 heavy (non-hydrogen) atoms. The van der Waals surface area contributed by atoms with Gasteiger partial charge >= 0.3 is 0 Å². The Labute approximate surface area is 64.6 Å². The smallest absolute Gasteiger partial charge is 0.0576 e. The van der Waals surface area contributed by atoms with Gasteiger partial charge in [0.25, 0.3) is 0 Å². The van der Waals surface area contributed by atoms with Gasteiger partial charge in [0.1, 0.15) is 0 Å². The number of aliphatic hydroxyl groups is 1. The minimum atomic E-state index is -0.0295. The lowest BCUT2D eigenvalue weighted by Gasteiger charge is -2.25. The van der Waals surface area contributed by atoms with Crippen LogP contribution < -0.4 is 0 Å². The molecule has 1 aliphatic carbocycles. The van der Waals surface area contributed by atoms with E-state index in [1.54, 1.807) is 0 Å². The van der Waals surface area contributed by atoms with Crippen LogP contribution in [-0.4, -0.2) is 16.5 Å². The van der Waals surface area contributed by atoms with Gasteiger partial charge in [-0.2, -0.15) is 0 Å². The van der Waals surface area contributed by atoms with Crippen LogP contribution in [0.25, 0.3) is 0 Å². The van der Waals surface area contributed by atoms with Gasteiger partial charge in [0.2, 0.25) is 0 Å². The Morgan fingerprint density at radius 3 is 2.44 bits per heavy atom. The summed E-state index contributed by atoms with van der Waals surface area (Å²) in [5, 5.41) is 10.3. The van der Waals surface area contributed by atoms with Crippen molar-refractivity contribution in [2.45, 2.75) is 31.8 Å². The summed E-state index contributed by atoms with van der Waals surface area (Å²) < 4.78 is 0. The van der Waals surface area contributed by atoms with E-state index in [9.17, 15) is 5.11 Å². The Morgan fingerprint density at radius 1 is 1.33 bits per heavy atom. The van der Waals surface area contributed by atoms with Gasteiger partial charge in [-0.1, -0.05) is 28.8 Å². The molecule has 0 radical (unpaired) electrons. The van der Waals surface area contributed by atoms with E-state index >= 15 is 0 Å². The van der Waals surface area contributed by atoms with E-state index < -0.39 is 0 Å². The van der Waals surface area contributed by atoms with Gasteiger partial charge in [-0.05, 0) is 18.8 Å². The zero-order valence-corrected chi connectivity index (χ0v) is 7.10. The van der Waals surface area contributed by atoms with Crippen LogP contribution in [-0.2, 0) is 0 Å². The van der Waals surface area contributed by atoms with E-state index in [1.807, 2.05) is 0 Å². The van der Waals surface area contributed by atoms with E-state index in [0.29, 0.717) is 5.92 Å². The monoisotopic (exact) mass is 192 g/mol. The molecule has 0 spiro atoms. The van der Waals surface area contributed by atoms with Crippen LogP contribution in [0, 0.1) is 5.92 Å². The SMILES string of the molecule is O[C@@H]1CCCC[C@@H]1CBr. The molecule has 54 valence electrons. The first-order chi connectivity index (χ1) is 4.34. The molecule has 1 saturated carbocycles. The molecule has 1 fully saturated rings. The minimum Gasteiger partial charge on any atom is -0.393 e. The molecule has 1 N–H and O–H groups in total. The maximum atomic E-state index is 9.34. The van der Waals surface area contributed by atoms with Crippen LogP contribution in [0.15, 0.2) is 0 Å². The fourth-order valence-corrected chi connectivity index (χ4v) is 2.12. The third-order valence-electron chi connectivity index (χ3n) is 2.07. The zero-order valence-electron chi connectivity index (χ0n) is 5.52. The van der Waals surface area contributed by atoms with Crippen LogP contribution in [0.1, 0.15) is 25.7 Å². The maximum Gasteiger partial charge on any atom is 0.0576 e. The molecule has 1 rings (SSSR count). The van der Waals surface area contributed by atoms with Crippen LogP contribution in [0.2, 0.25) is 0 Å². The second-order valence-electron chi connectivity index (χ2n) is 2.77. The summed E-state index contributed by atoms with van der Waals surface area (Å²) in [4.78, 5) is 0. The molecule has 0 aliphatic heterocycles. The third-order valence-corrected chi connectivity index (χ3v) is 2.90. The number of aliphatic hydroxyl groups excluding tert-OH is 1. The first-order valence-electron chi connectivity index (χ1n) is 3.58. The molecule has 0 amide bonds. The molecular weight excluding hydrogens is 180 g/mol. The largest absolute Gasteiger partial charge is 0.393 e.